The summed E-state index contributed by atoms with van der Waals surface area (Å²) in [5.74, 6) is 0.239. The number of benzene rings is 1. The van der Waals surface area contributed by atoms with E-state index in [-0.39, 0.29) is 16.8 Å². The largest absolute Gasteiger partial charge is 0.352 e. The van der Waals surface area contributed by atoms with Gasteiger partial charge in [0.1, 0.15) is 0 Å². The van der Waals surface area contributed by atoms with E-state index in [0.717, 1.165) is 25.9 Å². The molecule has 0 unspecified atom stereocenters. The molecular formula is C14H19N3O3S. The minimum absolute atomic E-state index is 0.0543. The SMILES string of the molecule is O=C(NCC1CNC1)c1cccc(S(=O)(=O)NC2CC2)c1. The molecule has 1 aromatic rings. The molecule has 3 rings (SSSR count). The van der Waals surface area contributed by atoms with Gasteiger partial charge in [0.15, 0.2) is 0 Å². The molecule has 1 amide bonds. The lowest BCUT2D eigenvalue weighted by Crippen LogP contribution is -2.48. The molecule has 0 radical (unpaired) electrons. The van der Waals surface area contributed by atoms with Gasteiger partial charge in [0.25, 0.3) is 5.91 Å². The Balaban J connectivity index is 1.67. The molecule has 1 aliphatic heterocycles. The molecule has 7 heteroatoms. The van der Waals surface area contributed by atoms with E-state index < -0.39 is 10.0 Å². The van der Waals surface area contributed by atoms with Crippen molar-refractivity contribution in [2.75, 3.05) is 19.6 Å². The van der Waals surface area contributed by atoms with E-state index in [9.17, 15) is 13.2 Å². The van der Waals surface area contributed by atoms with Crippen molar-refractivity contribution >= 4 is 15.9 Å². The van der Waals surface area contributed by atoms with Gasteiger partial charge in [0.2, 0.25) is 10.0 Å². The molecule has 1 saturated carbocycles. The van der Waals surface area contributed by atoms with Crippen LogP contribution in [0.25, 0.3) is 0 Å². The molecule has 6 nitrogen and oxygen atoms in total. The number of rotatable bonds is 6. The average Bonchev–Trinajstić information content (AvgIpc) is 3.20. The average molecular weight is 309 g/mol. The first-order valence-electron chi connectivity index (χ1n) is 7.16. The molecule has 1 heterocycles. The van der Waals surface area contributed by atoms with Crippen molar-refractivity contribution in [3.05, 3.63) is 29.8 Å². The Labute approximate surface area is 124 Å². The summed E-state index contributed by atoms with van der Waals surface area (Å²) >= 11 is 0. The second kappa shape index (κ2) is 5.75. The summed E-state index contributed by atoms with van der Waals surface area (Å²) in [6.45, 7) is 2.45. The van der Waals surface area contributed by atoms with Gasteiger partial charge in [-0.1, -0.05) is 6.07 Å². The third-order valence-electron chi connectivity index (χ3n) is 3.72. The van der Waals surface area contributed by atoms with E-state index in [1.807, 2.05) is 0 Å². The van der Waals surface area contributed by atoms with Crippen molar-refractivity contribution in [1.29, 1.82) is 0 Å². The Hall–Kier alpha value is -1.44. The Morgan fingerprint density at radius 1 is 1.29 bits per heavy atom. The number of nitrogens with one attached hydrogen (secondary N) is 3. The molecule has 1 aliphatic carbocycles. The smallest absolute Gasteiger partial charge is 0.251 e. The third kappa shape index (κ3) is 3.61. The Morgan fingerprint density at radius 3 is 2.67 bits per heavy atom. The molecule has 2 aliphatic rings. The fraction of sp³-hybridized carbons (Fsp3) is 0.500. The number of carbonyl (C=O) groups excluding carboxylic acids is 1. The van der Waals surface area contributed by atoms with Crippen LogP contribution in [0.2, 0.25) is 0 Å². The van der Waals surface area contributed by atoms with Gasteiger partial charge in [0.05, 0.1) is 4.90 Å². The first kappa shape index (κ1) is 14.5. The maximum absolute atomic E-state index is 12.1. The van der Waals surface area contributed by atoms with E-state index in [1.54, 1.807) is 12.1 Å². The second-order valence-electron chi connectivity index (χ2n) is 5.66. The molecule has 3 N–H and O–H groups in total. The van der Waals surface area contributed by atoms with Crippen molar-refractivity contribution < 1.29 is 13.2 Å². The van der Waals surface area contributed by atoms with Gasteiger partial charge in [-0.25, -0.2) is 13.1 Å². The zero-order chi connectivity index (χ0) is 14.9. The molecule has 1 saturated heterocycles. The maximum atomic E-state index is 12.1. The monoisotopic (exact) mass is 309 g/mol. The summed E-state index contributed by atoms with van der Waals surface area (Å²) in [5, 5.41) is 5.98. The first-order chi connectivity index (χ1) is 10.0. The summed E-state index contributed by atoms with van der Waals surface area (Å²) < 4.78 is 26.9. The van der Waals surface area contributed by atoms with Crippen LogP contribution in [0, 0.1) is 5.92 Å². The topological polar surface area (TPSA) is 87.3 Å². The highest BCUT2D eigenvalue weighted by atomic mass is 32.2. The van der Waals surface area contributed by atoms with Gasteiger partial charge in [-0.15, -0.1) is 0 Å². The zero-order valence-electron chi connectivity index (χ0n) is 11.6. The van der Waals surface area contributed by atoms with Crippen LogP contribution < -0.4 is 15.4 Å². The predicted molar refractivity (Wildman–Crippen MR) is 78.5 cm³/mol. The third-order valence-corrected chi connectivity index (χ3v) is 5.24. The van der Waals surface area contributed by atoms with Crippen LogP contribution in [0.15, 0.2) is 29.2 Å². The van der Waals surface area contributed by atoms with E-state index in [1.165, 1.54) is 12.1 Å². The summed E-state index contributed by atoms with van der Waals surface area (Å²) in [4.78, 5) is 12.2. The second-order valence-corrected chi connectivity index (χ2v) is 7.37. The number of sulfonamides is 1. The highest BCUT2D eigenvalue weighted by Crippen LogP contribution is 2.22. The molecule has 114 valence electrons. The van der Waals surface area contributed by atoms with Crippen LogP contribution in [0.4, 0.5) is 0 Å². The van der Waals surface area contributed by atoms with Gasteiger partial charge in [-0.05, 0) is 31.0 Å². The van der Waals surface area contributed by atoms with Crippen LogP contribution >= 0.6 is 0 Å². The maximum Gasteiger partial charge on any atom is 0.251 e. The molecule has 1 aromatic carbocycles. The molecule has 0 aromatic heterocycles. The highest BCUT2D eigenvalue weighted by Gasteiger charge is 2.28. The predicted octanol–water partition coefficient (Wildman–Crippen LogP) is 0.0765. The van der Waals surface area contributed by atoms with E-state index >= 15 is 0 Å². The summed E-state index contributed by atoms with van der Waals surface area (Å²) in [6, 6.07) is 6.22. The minimum atomic E-state index is -3.52. The molecular weight excluding hydrogens is 290 g/mol. The zero-order valence-corrected chi connectivity index (χ0v) is 12.4. The lowest BCUT2D eigenvalue weighted by atomic mass is 10.0. The minimum Gasteiger partial charge on any atom is -0.352 e. The van der Waals surface area contributed by atoms with E-state index in [0.29, 0.717) is 18.0 Å². The number of carbonyl (C=O) groups is 1. The van der Waals surface area contributed by atoms with Gasteiger partial charge in [0, 0.05) is 37.2 Å². The summed E-state index contributed by atoms with van der Waals surface area (Å²) in [6.07, 6.45) is 1.77. The van der Waals surface area contributed by atoms with Crippen molar-refractivity contribution in [3.63, 3.8) is 0 Å². The van der Waals surface area contributed by atoms with Crippen molar-refractivity contribution in [3.8, 4) is 0 Å². The lowest BCUT2D eigenvalue weighted by molar-refractivity contribution is 0.0942. The standard InChI is InChI=1S/C14H19N3O3S/c18-14(16-9-10-7-15-8-10)11-2-1-3-13(6-11)21(19,20)17-12-4-5-12/h1-3,6,10,12,15,17H,4-5,7-9H2,(H,16,18). The van der Waals surface area contributed by atoms with Crippen LogP contribution in [0.3, 0.4) is 0 Å². The molecule has 21 heavy (non-hydrogen) atoms. The first-order valence-corrected chi connectivity index (χ1v) is 8.64. The van der Waals surface area contributed by atoms with Gasteiger partial charge >= 0.3 is 0 Å². The molecule has 0 atom stereocenters. The number of hydrogen-bond acceptors (Lipinski definition) is 4. The van der Waals surface area contributed by atoms with Crippen LogP contribution in [0.5, 0.6) is 0 Å². The van der Waals surface area contributed by atoms with E-state index in [4.69, 9.17) is 0 Å². The highest BCUT2D eigenvalue weighted by molar-refractivity contribution is 7.89. The normalized spacial score (nSPS) is 19.0. The van der Waals surface area contributed by atoms with E-state index in [2.05, 4.69) is 15.4 Å². The molecule has 2 fully saturated rings. The Morgan fingerprint density at radius 2 is 2.05 bits per heavy atom. The van der Waals surface area contributed by atoms with Crippen molar-refractivity contribution in [2.24, 2.45) is 5.92 Å². The summed E-state index contributed by atoms with van der Waals surface area (Å²) in [5.41, 5.74) is 0.376. The fourth-order valence-electron chi connectivity index (χ4n) is 2.13. The molecule has 0 bridgehead atoms. The van der Waals surface area contributed by atoms with Crippen molar-refractivity contribution in [2.45, 2.75) is 23.8 Å². The van der Waals surface area contributed by atoms with Gasteiger partial charge in [-0.2, -0.15) is 0 Å². The van der Waals surface area contributed by atoms with Crippen molar-refractivity contribution in [1.82, 2.24) is 15.4 Å². The number of hydrogen-bond donors (Lipinski definition) is 3. The fourth-order valence-corrected chi connectivity index (χ4v) is 3.48. The number of amides is 1. The lowest BCUT2D eigenvalue weighted by Gasteiger charge is -2.27. The van der Waals surface area contributed by atoms with Gasteiger partial charge < -0.3 is 10.6 Å². The van der Waals surface area contributed by atoms with Crippen LogP contribution in [-0.4, -0.2) is 40.0 Å². The van der Waals surface area contributed by atoms with Gasteiger partial charge in [-0.3, -0.25) is 4.79 Å². The Kier molecular flexibility index (Phi) is 3.97. The Bertz CT molecular complexity index is 637. The summed E-state index contributed by atoms with van der Waals surface area (Å²) in [7, 11) is -3.52. The van der Waals surface area contributed by atoms with Crippen LogP contribution in [0.1, 0.15) is 23.2 Å². The molecule has 0 spiro atoms. The quantitative estimate of drug-likeness (QED) is 0.694. The van der Waals surface area contributed by atoms with Crippen LogP contribution in [-0.2, 0) is 10.0 Å².